The summed E-state index contributed by atoms with van der Waals surface area (Å²) < 4.78 is 0. The molecule has 3 rings (SSSR count). The van der Waals surface area contributed by atoms with Gasteiger partial charge >= 0.3 is 0 Å². The highest BCUT2D eigenvalue weighted by molar-refractivity contribution is 5.95. The molecule has 0 unspecified atom stereocenters. The molecule has 0 radical (unpaired) electrons. The monoisotopic (exact) mass is 272 g/mol. The summed E-state index contributed by atoms with van der Waals surface area (Å²) in [5, 5.41) is 0. The number of anilines is 1. The Labute approximate surface area is 121 Å². The van der Waals surface area contributed by atoms with E-state index in [2.05, 4.69) is 18.2 Å². The van der Waals surface area contributed by atoms with Crippen LogP contribution in [0.25, 0.3) is 0 Å². The van der Waals surface area contributed by atoms with E-state index in [1.165, 1.54) is 24.8 Å². The summed E-state index contributed by atoms with van der Waals surface area (Å²) in [6, 6.07) is 8.27. The van der Waals surface area contributed by atoms with Crippen molar-refractivity contribution in [3.8, 4) is 0 Å². The first-order valence-electron chi connectivity index (χ1n) is 7.85. The first-order valence-corrected chi connectivity index (χ1v) is 7.85. The van der Waals surface area contributed by atoms with E-state index >= 15 is 0 Å². The van der Waals surface area contributed by atoms with Crippen LogP contribution >= 0.6 is 0 Å². The predicted octanol–water partition coefficient (Wildman–Crippen LogP) is 3.02. The number of fused-ring (bicyclic) bond motifs is 1. The molecule has 0 aromatic heterocycles. The van der Waals surface area contributed by atoms with E-state index < -0.39 is 0 Å². The van der Waals surface area contributed by atoms with Crippen LogP contribution in [0.15, 0.2) is 24.3 Å². The van der Waals surface area contributed by atoms with Crippen LogP contribution in [0.1, 0.15) is 50.5 Å². The molecule has 1 aliphatic heterocycles. The van der Waals surface area contributed by atoms with Gasteiger partial charge in [-0.3, -0.25) is 4.79 Å². The molecule has 0 atom stereocenters. The number of hydrogen-bond acceptors (Lipinski definition) is 2. The second-order valence-electron chi connectivity index (χ2n) is 6.38. The van der Waals surface area contributed by atoms with Gasteiger partial charge in [-0.1, -0.05) is 37.5 Å². The minimum atomic E-state index is -0.262. The van der Waals surface area contributed by atoms with Crippen LogP contribution < -0.4 is 10.6 Å². The molecule has 3 heteroatoms. The summed E-state index contributed by atoms with van der Waals surface area (Å²) in [7, 11) is 0. The Morgan fingerprint density at radius 3 is 2.70 bits per heavy atom. The number of amides is 1. The molecule has 0 bridgehead atoms. The zero-order valence-electron chi connectivity index (χ0n) is 12.1. The summed E-state index contributed by atoms with van der Waals surface area (Å²) in [6.07, 6.45) is 8.22. The lowest BCUT2D eigenvalue weighted by Gasteiger charge is -2.36. The fourth-order valence-corrected chi connectivity index (χ4v) is 3.62. The molecule has 3 nitrogen and oxygen atoms in total. The van der Waals surface area contributed by atoms with E-state index in [0.29, 0.717) is 6.42 Å². The van der Waals surface area contributed by atoms with Gasteiger partial charge in [0.25, 0.3) is 0 Å². The van der Waals surface area contributed by atoms with Gasteiger partial charge in [0, 0.05) is 24.2 Å². The summed E-state index contributed by atoms with van der Waals surface area (Å²) in [6.45, 7) is 0.839. The second-order valence-corrected chi connectivity index (χ2v) is 6.38. The lowest BCUT2D eigenvalue weighted by Crippen LogP contribution is -2.48. The molecule has 1 fully saturated rings. The molecular formula is C17H24N2O. The lowest BCUT2D eigenvalue weighted by atomic mass is 9.80. The largest absolute Gasteiger partial charge is 0.325 e. The van der Waals surface area contributed by atoms with E-state index in [9.17, 15) is 4.79 Å². The molecule has 0 spiro atoms. The summed E-state index contributed by atoms with van der Waals surface area (Å²) in [5.41, 5.74) is 8.57. The van der Waals surface area contributed by atoms with Crippen molar-refractivity contribution in [1.29, 1.82) is 0 Å². The maximum Gasteiger partial charge on any atom is 0.228 e. The molecule has 2 aliphatic rings. The zero-order chi connectivity index (χ0) is 14.0. The topological polar surface area (TPSA) is 46.3 Å². The van der Waals surface area contributed by atoms with Crippen molar-refractivity contribution >= 4 is 11.6 Å². The Morgan fingerprint density at radius 1 is 1.15 bits per heavy atom. The van der Waals surface area contributed by atoms with Gasteiger partial charge in [0.15, 0.2) is 0 Å². The van der Waals surface area contributed by atoms with Gasteiger partial charge in [0.05, 0.1) is 0 Å². The Morgan fingerprint density at radius 2 is 1.90 bits per heavy atom. The number of nitrogens with zero attached hydrogens (tertiary/aromatic N) is 1. The number of rotatable bonds is 2. The van der Waals surface area contributed by atoms with Gasteiger partial charge in [-0.15, -0.1) is 0 Å². The van der Waals surface area contributed by atoms with Crippen molar-refractivity contribution in [2.75, 3.05) is 11.4 Å². The number of carbonyl (C=O) groups excluding carboxylic acids is 1. The molecule has 1 aromatic rings. The number of aryl methyl sites for hydroxylation is 1. The number of carbonyl (C=O) groups is 1. The first-order chi connectivity index (χ1) is 9.68. The van der Waals surface area contributed by atoms with Crippen molar-refractivity contribution in [1.82, 2.24) is 0 Å². The fraction of sp³-hybridized carbons (Fsp3) is 0.588. The molecule has 1 saturated carbocycles. The highest BCUT2D eigenvalue weighted by atomic mass is 16.2. The minimum absolute atomic E-state index is 0.210. The Balaban J connectivity index is 1.75. The molecule has 1 amide bonds. The zero-order valence-corrected chi connectivity index (χ0v) is 12.1. The van der Waals surface area contributed by atoms with E-state index in [4.69, 9.17) is 5.73 Å². The maximum atomic E-state index is 12.7. The van der Waals surface area contributed by atoms with Crippen molar-refractivity contribution in [2.45, 2.75) is 56.9 Å². The smallest absolute Gasteiger partial charge is 0.228 e. The van der Waals surface area contributed by atoms with Crippen LogP contribution in [0.5, 0.6) is 0 Å². The van der Waals surface area contributed by atoms with Crippen LogP contribution in [-0.4, -0.2) is 18.0 Å². The van der Waals surface area contributed by atoms with Gasteiger partial charge in [0.2, 0.25) is 5.91 Å². The third-order valence-electron chi connectivity index (χ3n) is 4.76. The standard InChI is InChI=1S/C17H24N2O/c18-17(10-4-1-5-11-17)13-16(20)19-12-6-8-14-7-2-3-9-15(14)19/h2-3,7,9H,1,4-6,8,10-13,18H2. The van der Waals surface area contributed by atoms with Crippen molar-refractivity contribution < 1.29 is 4.79 Å². The summed E-state index contributed by atoms with van der Waals surface area (Å²) in [5.74, 6) is 0.210. The van der Waals surface area contributed by atoms with Crippen molar-refractivity contribution in [2.24, 2.45) is 5.73 Å². The highest BCUT2D eigenvalue weighted by Gasteiger charge is 2.33. The fourth-order valence-electron chi connectivity index (χ4n) is 3.62. The van der Waals surface area contributed by atoms with Crippen molar-refractivity contribution in [3.05, 3.63) is 29.8 Å². The number of hydrogen-bond donors (Lipinski definition) is 1. The van der Waals surface area contributed by atoms with E-state index in [1.54, 1.807) is 0 Å². The maximum absolute atomic E-state index is 12.7. The van der Waals surface area contributed by atoms with Crippen LogP contribution in [-0.2, 0) is 11.2 Å². The first kappa shape index (κ1) is 13.6. The van der Waals surface area contributed by atoms with Crippen LogP contribution in [0.2, 0.25) is 0 Å². The number of benzene rings is 1. The normalized spacial score (nSPS) is 21.4. The van der Waals surface area contributed by atoms with E-state index in [1.807, 2.05) is 11.0 Å². The molecule has 1 heterocycles. The second kappa shape index (κ2) is 5.57. The summed E-state index contributed by atoms with van der Waals surface area (Å²) >= 11 is 0. The number of nitrogens with two attached hydrogens (primary N) is 1. The molecule has 20 heavy (non-hydrogen) atoms. The molecule has 1 aliphatic carbocycles. The van der Waals surface area contributed by atoms with E-state index in [-0.39, 0.29) is 11.4 Å². The predicted molar refractivity (Wildman–Crippen MR) is 81.7 cm³/mol. The van der Waals surface area contributed by atoms with Gasteiger partial charge in [-0.05, 0) is 37.3 Å². The Bertz CT molecular complexity index is 492. The SMILES string of the molecule is NC1(CC(=O)N2CCCc3ccccc32)CCCCC1. The minimum Gasteiger partial charge on any atom is -0.325 e. The molecule has 108 valence electrons. The quantitative estimate of drug-likeness (QED) is 0.899. The van der Waals surface area contributed by atoms with Crippen molar-refractivity contribution in [3.63, 3.8) is 0 Å². The molecule has 2 N–H and O–H groups in total. The van der Waals surface area contributed by atoms with Crippen LogP contribution in [0.4, 0.5) is 5.69 Å². The molecular weight excluding hydrogens is 248 g/mol. The lowest BCUT2D eigenvalue weighted by molar-refractivity contribution is -0.120. The average molecular weight is 272 g/mol. The summed E-state index contributed by atoms with van der Waals surface area (Å²) in [4.78, 5) is 14.6. The van der Waals surface area contributed by atoms with Gasteiger partial charge in [0.1, 0.15) is 0 Å². The van der Waals surface area contributed by atoms with Crippen LogP contribution in [0.3, 0.4) is 0 Å². The highest BCUT2D eigenvalue weighted by Crippen LogP contribution is 2.32. The Hall–Kier alpha value is -1.35. The molecule has 0 saturated heterocycles. The Kier molecular flexibility index (Phi) is 3.79. The number of para-hydroxylation sites is 1. The third-order valence-corrected chi connectivity index (χ3v) is 4.76. The van der Waals surface area contributed by atoms with Crippen LogP contribution in [0, 0.1) is 0 Å². The van der Waals surface area contributed by atoms with Gasteiger partial charge in [-0.2, -0.15) is 0 Å². The third kappa shape index (κ3) is 2.73. The van der Waals surface area contributed by atoms with Gasteiger partial charge < -0.3 is 10.6 Å². The van der Waals surface area contributed by atoms with Gasteiger partial charge in [-0.25, -0.2) is 0 Å². The molecule has 1 aromatic carbocycles. The van der Waals surface area contributed by atoms with E-state index in [0.717, 1.165) is 37.9 Å². The average Bonchev–Trinajstić information content (AvgIpc) is 2.47.